The van der Waals surface area contributed by atoms with Crippen molar-refractivity contribution in [1.29, 1.82) is 0 Å². The van der Waals surface area contributed by atoms with E-state index in [9.17, 15) is 13.2 Å². The second-order valence-corrected chi connectivity index (χ2v) is 9.13. The van der Waals surface area contributed by atoms with E-state index in [2.05, 4.69) is 15.3 Å². The van der Waals surface area contributed by atoms with Gasteiger partial charge in [0.2, 0.25) is 5.91 Å². The molecule has 0 bridgehead atoms. The Kier molecular flexibility index (Phi) is 5.28. The predicted octanol–water partition coefficient (Wildman–Crippen LogP) is 4.22. The van der Waals surface area contributed by atoms with Crippen LogP contribution in [0.1, 0.15) is 0 Å². The van der Waals surface area contributed by atoms with Crippen molar-refractivity contribution >= 4 is 32.2 Å². The van der Waals surface area contributed by atoms with Gasteiger partial charge in [-0.25, -0.2) is 13.4 Å². The number of carbonyl (C=O) groups is 1. The number of hydrogen-bond acceptors (Lipinski definition) is 5. The van der Waals surface area contributed by atoms with Crippen molar-refractivity contribution in [3.05, 3.63) is 78.4 Å². The van der Waals surface area contributed by atoms with Gasteiger partial charge in [-0.05, 0) is 5.56 Å². The molecule has 146 valence electrons. The van der Waals surface area contributed by atoms with Gasteiger partial charge in [0.25, 0.3) is 0 Å². The largest absolute Gasteiger partial charge is 0.366 e. The molecule has 0 aliphatic heterocycles. The molecule has 0 saturated heterocycles. The summed E-state index contributed by atoms with van der Waals surface area (Å²) in [4.78, 5) is 19.7. The van der Waals surface area contributed by atoms with Crippen LogP contribution < -0.4 is 5.32 Å². The summed E-state index contributed by atoms with van der Waals surface area (Å²) < 4.78 is 25.6. The quantitative estimate of drug-likeness (QED) is 0.486. The second kappa shape index (κ2) is 8.02. The molecule has 0 aliphatic rings. The molecule has 2 N–H and O–H groups in total. The van der Waals surface area contributed by atoms with Crippen molar-refractivity contribution < 1.29 is 13.2 Å². The fourth-order valence-corrected chi connectivity index (χ4v) is 5.00. The van der Waals surface area contributed by atoms with Gasteiger partial charge in [-0.15, -0.1) is 11.3 Å². The third kappa shape index (κ3) is 4.28. The first-order chi connectivity index (χ1) is 14.0. The summed E-state index contributed by atoms with van der Waals surface area (Å²) in [6.45, 7) is 0. The molecule has 6 nitrogen and oxygen atoms in total. The monoisotopic (exact) mass is 423 g/mol. The van der Waals surface area contributed by atoms with Crippen LogP contribution in [0.3, 0.4) is 0 Å². The molecule has 0 spiro atoms. The van der Waals surface area contributed by atoms with Crippen molar-refractivity contribution in [3.63, 3.8) is 0 Å². The van der Waals surface area contributed by atoms with Crippen LogP contribution in [0.25, 0.3) is 22.4 Å². The SMILES string of the molecule is O=C(CS(=O)(=O)c1c[nH]cc1-c1ccccc1)Nc1nc(-c2ccccc2)cs1. The fourth-order valence-electron chi connectivity index (χ4n) is 2.93. The zero-order valence-electron chi connectivity index (χ0n) is 15.2. The lowest BCUT2D eigenvalue weighted by Crippen LogP contribution is -2.23. The number of carbonyl (C=O) groups excluding carboxylic acids is 1. The third-order valence-electron chi connectivity index (χ3n) is 4.27. The number of H-pyrrole nitrogens is 1. The number of amides is 1. The normalized spacial score (nSPS) is 11.3. The van der Waals surface area contributed by atoms with Crippen LogP contribution in [0.4, 0.5) is 5.13 Å². The van der Waals surface area contributed by atoms with Crippen molar-refractivity contribution in [2.45, 2.75) is 4.90 Å². The lowest BCUT2D eigenvalue weighted by Gasteiger charge is -2.06. The molecule has 2 aromatic heterocycles. The lowest BCUT2D eigenvalue weighted by atomic mass is 10.1. The minimum atomic E-state index is -3.83. The number of aromatic nitrogens is 2. The Bertz CT molecular complexity index is 1230. The number of thiazole rings is 1. The third-order valence-corrected chi connectivity index (χ3v) is 6.68. The van der Waals surface area contributed by atoms with Crippen molar-refractivity contribution in [1.82, 2.24) is 9.97 Å². The highest BCUT2D eigenvalue weighted by atomic mass is 32.2. The Hall–Kier alpha value is -3.23. The van der Waals surface area contributed by atoms with Crippen LogP contribution in [0.5, 0.6) is 0 Å². The minimum absolute atomic E-state index is 0.1000. The zero-order chi connectivity index (χ0) is 20.3. The molecule has 0 aliphatic carbocycles. The number of rotatable bonds is 6. The van der Waals surface area contributed by atoms with Crippen LogP contribution in [0, 0.1) is 0 Å². The highest BCUT2D eigenvalue weighted by molar-refractivity contribution is 7.92. The minimum Gasteiger partial charge on any atom is -0.366 e. The van der Waals surface area contributed by atoms with Gasteiger partial charge in [-0.2, -0.15) is 0 Å². The molecule has 2 aromatic carbocycles. The van der Waals surface area contributed by atoms with Gasteiger partial charge in [0.15, 0.2) is 15.0 Å². The van der Waals surface area contributed by atoms with Gasteiger partial charge in [0.1, 0.15) is 5.75 Å². The number of benzene rings is 2. The second-order valence-electron chi connectivity index (χ2n) is 6.31. The molecular formula is C21H17N3O3S2. The van der Waals surface area contributed by atoms with Gasteiger partial charge in [-0.3, -0.25) is 4.79 Å². The number of anilines is 1. The van der Waals surface area contributed by atoms with Gasteiger partial charge in [0, 0.05) is 28.9 Å². The summed E-state index contributed by atoms with van der Waals surface area (Å²) in [5.74, 6) is -1.29. The average molecular weight is 424 g/mol. The molecule has 0 unspecified atom stereocenters. The Morgan fingerprint density at radius 2 is 1.62 bits per heavy atom. The summed E-state index contributed by atoms with van der Waals surface area (Å²) in [6.07, 6.45) is 3.02. The molecule has 1 amide bonds. The standard InChI is InChI=1S/C21H17N3O3S2/c25-20(24-21-23-18(13-28-21)16-9-5-2-6-10-16)14-29(26,27)19-12-22-11-17(19)15-7-3-1-4-8-15/h1-13,22H,14H2,(H,23,24,25). The van der Waals surface area contributed by atoms with E-state index in [-0.39, 0.29) is 4.90 Å². The molecule has 4 aromatic rings. The maximum absolute atomic E-state index is 12.8. The molecular weight excluding hydrogens is 406 g/mol. The molecule has 4 rings (SSSR count). The first-order valence-electron chi connectivity index (χ1n) is 8.79. The fraction of sp³-hybridized carbons (Fsp3) is 0.0476. The Morgan fingerprint density at radius 3 is 2.31 bits per heavy atom. The number of nitrogens with one attached hydrogen (secondary N) is 2. The molecule has 8 heteroatoms. The first kappa shape index (κ1) is 19.1. The van der Waals surface area contributed by atoms with Crippen LogP contribution in [0.2, 0.25) is 0 Å². The predicted molar refractivity (Wildman–Crippen MR) is 114 cm³/mol. The van der Waals surface area contributed by atoms with E-state index < -0.39 is 21.5 Å². The highest BCUT2D eigenvalue weighted by Crippen LogP contribution is 2.28. The summed E-state index contributed by atoms with van der Waals surface area (Å²) in [5.41, 5.74) is 2.96. The van der Waals surface area contributed by atoms with Crippen LogP contribution >= 0.6 is 11.3 Å². The van der Waals surface area contributed by atoms with Gasteiger partial charge >= 0.3 is 0 Å². The average Bonchev–Trinajstić information content (AvgIpc) is 3.39. The van der Waals surface area contributed by atoms with Crippen molar-refractivity contribution in [2.75, 3.05) is 11.1 Å². The van der Waals surface area contributed by atoms with Crippen molar-refractivity contribution in [2.24, 2.45) is 0 Å². The number of aromatic amines is 1. The Morgan fingerprint density at radius 1 is 0.966 bits per heavy atom. The van der Waals surface area contributed by atoms with Gasteiger partial charge < -0.3 is 10.3 Å². The Labute approximate surface area is 172 Å². The first-order valence-corrected chi connectivity index (χ1v) is 11.3. The lowest BCUT2D eigenvalue weighted by molar-refractivity contribution is -0.113. The van der Waals surface area contributed by atoms with E-state index in [1.165, 1.54) is 17.5 Å². The van der Waals surface area contributed by atoms with E-state index in [1.807, 2.05) is 66.0 Å². The Balaban J connectivity index is 1.49. The smallest absolute Gasteiger partial charge is 0.241 e. The molecule has 0 fully saturated rings. The van der Waals surface area contributed by atoms with E-state index in [0.717, 1.165) is 16.8 Å². The molecule has 0 radical (unpaired) electrons. The van der Waals surface area contributed by atoms with Gasteiger partial charge in [-0.1, -0.05) is 60.7 Å². The number of hydrogen-bond donors (Lipinski definition) is 2. The molecule has 0 saturated carbocycles. The highest BCUT2D eigenvalue weighted by Gasteiger charge is 2.24. The number of sulfone groups is 1. The van der Waals surface area contributed by atoms with Crippen LogP contribution in [0.15, 0.2) is 83.3 Å². The van der Waals surface area contributed by atoms with Crippen LogP contribution in [-0.4, -0.2) is 30.0 Å². The van der Waals surface area contributed by atoms with Gasteiger partial charge in [0.05, 0.1) is 10.6 Å². The summed E-state index contributed by atoms with van der Waals surface area (Å²) in [7, 11) is -3.83. The maximum atomic E-state index is 12.8. The van der Waals surface area contributed by atoms with E-state index in [4.69, 9.17) is 0 Å². The van der Waals surface area contributed by atoms with E-state index >= 15 is 0 Å². The summed E-state index contributed by atoms with van der Waals surface area (Å²) in [5, 5.41) is 4.77. The zero-order valence-corrected chi connectivity index (χ0v) is 16.8. The van der Waals surface area contributed by atoms with Crippen LogP contribution in [-0.2, 0) is 14.6 Å². The summed E-state index contributed by atoms with van der Waals surface area (Å²) >= 11 is 1.25. The maximum Gasteiger partial charge on any atom is 0.241 e. The molecule has 29 heavy (non-hydrogen) atoms. The van der Waals surface area contributed by atoms with E-state index in [1.54, 1.807) is 6.20 Å². The van der Waals surface area contributed by atoms with Crippen molar-refractivity contribution in [3.8, 4) is 22.4 Å². The topological polar surface area (TPSA) is 91.9 Å². The number of nitrogens with zero attached hydrogens (tertiary/aromatic N) is 1. The molecule has 2 heterocycles. The summed E-state index contributed by atoms with van der Waals surface area (Å²) in [6, 6.07) is 18.7. The van der Waals surface area contributed by atoms with E-state index in [0.29, 0.717) is 10.7 Å². The molecule has 0 atom stereocenters.